The zero-order chi connectivity index (χ0) is 19.4. The molecule has 2 amide bonds. The van der Waals surface area contributed by atoms with Gasteiger partial charge in [0.1, 0.15) is 5.75 Å². The van der Waals surface area contributed by atoms with Crippen LogP contribution in [0.5, 0.6) is 5.75 Å². The van der Waals surface area contributed by atoms with Gasteiger partial charge in [-0.1, -0.05) is 31.2 Å². The first-order chi connectivity index (χ1) is 12.9. The largest absolute Gasteiger partial charge is 0.491 e. The van der Waals surface area contributed by atoms with Crippen LogP contribution in [0.4, 0.5) is 5.69 Å². The quantitative estimate of drug-likeness (QED) is 0.778. The maximum Gasteiger partial charge on any atom is 0.251 e. The molecule has 1 fully saturated rings. The van der Waals surface area contributed by atoms with E-state index in [2.05, 4.69) is 17.6 Å². The molecule has 2 aromatic rings. The lowest BCUT2D eigenvalue weighted by atomic mass is 10.1. The first kappa shape index (κ1) is 19.0. The molecule has 1 saturated carbocycles. The summed E-state index contributed by atoms with van der Waals surface area (Å²) in [4.78, 5) is 24.6. The van der Waals surface area contributed by atoms with E-state index in [-0.39, 0.29) is 23.8 Å². The van der Waals surface area contributed by atoms with Gasteiger partial charge in [-0.15, -0.1) is 0 Å². The monoisotopic (exact) mass is 366 g/mol. The van der Waals surface area contributed by atoms with Gasteiger partial charge in [0.2, 0.25) is 5.91 Å². The number of hydrogen-bond acceptors (Lipinski definition) is 3. The van der Waals surface area contributed by atoms with E-state index in [1.807, 2.05) is 38.1 Å². The Hall–Kier alpha value is -2.82. The van der Waals surface area contributed by atoms with Gasteiger partial charge in [-0.3, -0.25) is 9.59 Å². The molecule has 0 spiro atoms. The maximum atomic E-state index is 12.5. The molecule has 1 aliphatic carbocycles. The van der Waals surface area contributed by atoms with Crippen molar-refractivity contribution in [3.05, 3.63) is 59.7 Å². The molecule has 2 unspecified atom stereocenters. The van der Waals surface area contributed by atoms with E-state index in [4.69, 9.17) is 4.74 Å². The van der Waals surface area contributed by atoms with Crippen LogP contribution in [0, 0.1) is 11.8 Å². The zero-order valence-corrected chi connectivity index (χ0v) is 16.0. The fourth-order valence-corrected chi connectivity index (χ4v) is 2.96. The van der Waals surface area contributed by atoms with Gasteiger partial charge >= 0.3 is 0 Å². The van der Waals surface area contributed by atoms with Gasteiger partial charge in [-0.2, -0.15) is 0 Å². The van der Waals surface area contributed by atoms with E-state index >= 15 is 0 Å². The molecule has 0 aromatic heterocycles. The molecule has 0 saturated heterocycles. The SMILES string of the molecule is CC(C)Oc1ccccc1CNC(=O)c1cccc(NC(=O)C2CC2C)c1. The first-order valence-corrected chi connectivity index (χ1v) is 9.37. The van der Waals surface area contributed by atoms with Gasteiger partial charge in [0.15, 0.2) is 0 Å². The number of ether oxygens (including phenoxy) is 1. The van der Waals surface area contributed by atoms with E-state index < -0.39 is 0 Å². The first-order valence-electron chi connectivity index (χ1n) is 9.37. The highest BCUT2D eigenvalue weighted by Crippen LogP contribution is 2.38. The Morgan fingerprint density at radius 2 is 1.89 bits per heavy atom. The molecule has 1 aliphatic rings. The number of carbonyl (C=O) groups excluding carboxylic acids is 2. The van der Waals surface area contributed by atoms with Crippen molar-refractivity contribution < 1.29 is 14.3 Å². The summed E-state index contributed by atoms with van der Waals surface area (Å²) >= 11 is 0. The molecule has 2 atom stereocenters. The van der Waals surface area contributed by atoms with Crippen molar-refractivity contribution in [1.29, 1.82) is 0 Å². The predicted octanol–water partition coefficient (Wildman–Crippen LogP) is 4.00. The molecule has 0 radical (unpaired) electrons. The van der Waals surface area contributed by atoms with Crippen molar-refractivity contribution in [3.8, 4) is 5.75 Å². The number of amides is 2. The Bertz CT molecular complexity index is 832. The fourth-order valence-electron chi connectivity index (χ4n) is 2.96. The number of para-hydroxylation sites is 1. The lowest BCUT2D eigenvalue weighted by molar-refractivity contribution is -0.117. The second-order valence-corrected chi connectivity index (χ2v) is 7.35. The van der Waals surface area contributed by atoms with Crippen LogP contribution in [-0.4, -0.2) is 17.9 Å². The number of hydrogen-bond donors (Lipinski definition) is 2. The molecule has 0 bridgehead atoms. The van der Waals surface area contributed by atoms with Gasteiger partial charge in [-0.05, 0) is 50.5 Å². The predicted molar refractivity (Wildman–Crippen MR) is 106 cm³/mol. The van der Waals surface area contributed by atoms with Crippen LogP contribution in [0.1, 0.15) is 43.1 Å². The minimum absolute atomic E-state index is 0.0276. The number of benzene rings is 2. The summed E-state index contributed by atoms with van der Waals surface area (Å²) in [5.74, 6) is 1.15. The summed E-state index contributed by atoms with van der Waals surface area (Å²) in [7, 11) is 0. The minimum atomic E-state index is -0.190. The number of nitrogens with one attached hydrogen (secondary N) is 2. The molecular weight excluding hydrogens is 340 g/mol. The molecule has 142 valence electrons. The molecule has 27 heavy (non-hydrogen) atoms. The average Bonchev–Trinajstić information content (AvgIpc) is 3.37. The van der Waals surface area contributed by atoms with Crippen LogP contribution in [0.25, 0.3) is 0 Å². The van der Waals surface area contributed by atoms with Crippen LogP contribution >= 0.6 is 0 Å². The lowest BCUT2D eigenvalue weighted by Crippen LogP contribution is -2.23. The Morgan fingerprint density at radius 1 is 1.15 bits per heavy atom. The van der Waals surface area contributed by atoms with Crippen LogP contribution in [0.2, 0.25) is 0 Å². The molecule has 0 aliphatic heterocycles. The summed E-state index contributed by atoms with van der Waals surface area (Å²) in [6.07, 6.45) is 1.00. The van der Waals surface area contributed by atoms with E-state index in [1.165, 1.54) is 0 Å². The molecular formula is C22H26N2O3. The average molecular weight is 366 g/mol. The van der Waals surface area contributed by atoms with E-state index in [0.29, 0.717) is 23.7 Å². The number of anilines is 1. The second-order valence-electron chi connectivity index (χ2n) is 7.35. The third kappa shape index (κ3) is 5.09. The van der Waals surface area contributed by atoms with Crippen LogP contribution in [-0.2, 0) is 11.3 Å². The third-order valence-corrected chi connectivity index (χ3v) is 4.61. The summed E-state index contributed by atoms with van der Waals surface area (Å²) in [6, 6.07) is 14.7. The Labute approximate surface area is 160 Å². The number of rotatable bonds is 7. The standard InChI is InChI=1S/C22H26N2O3/c1-14(2)27-20-10-5-4-7-17(20)13-23-21(25)16-8-6-9-18(12-16)24-22(26)19-11-15(19)3/h4-10,12,14-15,19H,11,13H2,1-3H3,(H,23,25)(H,24,26). The Kier molecular flexibility index (Phi) is 5.79. The normalized spacial score (nSPS) is 18.1. The van der Waals surface area contributed by atoms with Crippen LogP contribution in [0.15, 0.2) is 48.5 Å². The zero-order valence-electron chi connectivity index (χ0n) is 16.0. The summed E-state index contributed by atoms with van der Waals surface area (Å²) in [6.45, 7) is 6.38. The van der Waals surface area contributed by atoms with Gasteiger partial charge in [0, 0.05) is 29.3 Å². The van der Waals surface area contributed by atoms with Crippen molar-refractivity contribution in [2.24, 2.45) is 11.8 Å². The van der Waals surface area contributed by atoms with Crippen LogP contribution in [0.3, 0.4) is 0 Å². The maximum absolute atomic E-state index is 12.5. The highest BCUT2D eigenvalue weighted by molar-refractivity contribution is 5.98. The van der Waals surface area contributed by atoms with E-state index in [0.717, 1.165) is 17.7 Å². The van der Waals surface area contributed by atoms with Gasteiger partial charge in [0.05, 0.1) is 6.10 Å². The highest BCUT2D eigenvalue weighted by Gasteiger charge is 2.39. The van der Waals surface area contributed by atoms with Crippen molar-refractivity contribution in [3.63, 3.8) is 0 Å². The topological polar surface area (TPSA) is 67.4 Å². The van der Waals surface area contributed by atoms with E-state index in [1.54, 1.807) is 24.3 Å². The van der Waals surface area contributed by atoms with Crippen molar-refractivity contribution >= 4 is 17.5 Å². The van der Waals surface area contributed by atoms with Crippen LogP contribution < -0.4 is 15.4 Å². The lowest BCUT2D eigenvalue weighted by Gasteiger charge is -2.14. The van der Waals surface area contributed by atoms with E-state index in [9.17, 15) is 9.59 Å². The van der Waals surface area contributed by atoms with Crippen molar-refractivity contribution in [2.75, 3.05) is 5.32 Å². The summed E-state index contributed by atoms with van der Waals surface area (Å²) in [5.41, 5.74) is 2.08. The Morgan fingerprint density at radius 3 is 2.59 bits per heavy atom. The molecule has 5 heteroatoms. The molecule has 0 heterocycles. The van der Waals surface area contributed by atoms with Gasteiger partial charge in [0.25, 0.3) is 5.91 Å². The highest BCUT2D eigenvalue weighted by atomic mass is 16.5. The minimum Gasteiger partial charge on any atom is -0.491 e. The van der Waals surface area contributed by atoms with Crippen molar-refractivity contribution in [2.45, 2.75) is 39.8 Å². The molecule has 2 N–H and O–H groups in total. The molecule has 2 aromatic carbocycles. The van der Waals surface area contributed by atoms with Crippen molar-refractivity contribution in [1.82, 2.24) is 5.32 Å². The molecule has 3 rings (SSSR count). The van der Waals surface area contributed by atoms with Gasteiger partial charge < -0.3 is 15.4 Å². The Balaban J connectivity index is 1.62. The smallest absolute Gasteiger partial charge is 0.251 e. The summed E-state index contributed by atoms with van der Waals surface area (Å²) < 4.78 is 5.78. The molecule has 5 nitrogen and oxygen atoms in total. The van der Waals surface area contributed by atoms with Gasteiger partial charge in [-0.25, -0.2) is 0 Å². The fraction of sp³-hybridized carbons (Fsp3) is 0.364. The third-order valence-electron chi connectivity index (χ3n) is 4.61. The summed E-state index contributed by atoms with van der Waals surface area (Å²) in [5, 5.41) is 5.82. The number of carbonyl (C=O) groups is 2. The second kappa shape index (κ2) is 8.25.